The molecule has 0 saturated heterocycles. The zero-order valence-corrected chi connectivity index (χ0v) is 16.6. The lowest BCUT2D eigenvalue weighted by Gasteiger charge is -2.28. The number of carbonyl (C=O) groups is 2. The molecule has 0 heterocycles. The highest BCUT2D eigenvalue weighted by atomic mass is 32.3. The van der Waals surface area contributed by atoms with Gasteiger partial charge in [-0.1, -0.05) is 0 Å². The van der Waals surface area contributed by atoms with Gasteiger partial charge in [-0.3, -0.25) is 9.59 Å². The molecule has 5 heteroatoms. The van der Waals surface area contributed by atoms with Crippen molar-refractivity contribution in [1.29, 1.82) is 0 Å². The summed E-state index contributed by atoms with van der Waals surface area (Å²) in [4.78, 5) is 29.8. The molecule has 0 fully saturated rings. The number of carbonyl (C=O) groups excluding carboxylic acids is 2. The highest BCUT2D eigenvalue weighted by molar-refractivity contribution is 8.55. The summed E-state index contributed by atoms with van der Waals surface area (Å²) in [6.07, 6.45) is 3.55. The number of hydrogen-bond donors (Lipinski definition) is 0. The average Bonchev–Trinajstić information content (AvgIpc) is 2.60. The first kappa shape index (κ1) is 19.1. The Labute approximate surface area is 151 Å². The Balaban J connectivity index is 2.26. The fourth-order valence-corrected chi connectivity index (χ4v) is 4.08. The zero-order valence-electron chi connectivity index (χ0n) is 15.7. The molecular formula is C20H26N2O2S. The van der Waals surface area contributed by atoms with Gasteiger partial charge in [-0.15, -0.1) is 10.0 Å². The second-order valence-corrected chi connectivity index (χ2v) is 10.2. The predicted octanol–water partition coefficient (Wildman–Crippen LogP) is 3.86. The predicted molar refractivity (Wildman–Crippen MR) is 110 cm³/mol. The van der Waals surface area contributed by atoms with Gasteiger partial charge in [0.25, 0.3) is 0 Å². The molecule has 4 nitrogen and oxygen atoms in total. The second kappa shape index (κ2) is 7.31. The van der Waals surface area contributed by atoms with Crippen LogP contribution in [0.25, 0.3) is 0 Å². The Hall–Kier alpha value is -2.27. The van der Waals surface area contributed by atoms with E-state index in [0.717, 1.165) is 11.4 Å². The quantitative estimate of drug-likeness (QED) is 0.832. The van der Waals surface area contributed by atoms with Gasteiger partial charge in [-0.2, -0.15) is 0 Å². The van der Waals surface area contributed by atoms with E-state index >= 15 is 0 Å². The van der Waals surface area contributed by atoms with Gasteiger partial charge in [0.2, 0.25) is 10.2 Å². The fraction of sp³-hybridized carbons (Fsp3) is 0.300. The van der Waals surface area contributed by atoms with Gasteiger partial charge in [-0.05, 0) is 61.0 Å². The van der Waals surface area contributed by atoms with E-state index in [1.165, 1.54) is 0 Å². The van der Waals surface area contributed by atoms with Crippen molar-refractivity contribution in [3.63, 3.8) is 0 Å². The summed E-state index contributed by atoms with van der Waals surface area (Å²) in [5, 5.41) is -0.168. The first-order chi connectivity index (χ1) is 11.6. The molecule has 0 unspecified atom stereocenters. The standard InChI is InChI=1S/C20H26N2O2S/c1-21(2)17-11-7-15(8-12-17)19(23)25(5,6)20(24)16-9-13-18(14-10-16)22(3)4/h7-14H,1-6H3. The van der Waals surface area contributed by atoms with Gasteiger partial charge in [0.05, 0.1) is 0 Å². The molecule has 0 amide bonds. The summed E-state index contributed by atoms with van der Waals surface area (Å²) >= 11 is 0. The summed E-state index contributed by atoms with van der Waals surface area (Å²) in [7, 11) is 5.69. The topological polar surface area (TPSA) is 40.6 Å². The summed E-state index contributed by atoms with van der Waals surface area (Å²) < 4.78 is 0. The lowest BCUT2D eigenvalue weighted by atomic mass is 10.2. The van der Waals surface area contributed by atoms with Crippen LogP contribution in [0.1, 0.15) is 20.7 Å². The van der Waals surface area contributed by atoms with Crippen LogP contribution in [-0.4, -0.2) is 50.9 Å². The third-order valence-corrected chi connectivity index (χ3v) is 6.49. The third kappa shape index (κ3) is 4.04. The Morgan fingerprint density at radius 1 is 0.640 bits per heavy atom. The molecule has 0 aliphatic rings. The molecule has 0 aliphatic heterocycles. The number of hydrogen-bond acceptors (Lipinski definition) is 4. The smallest absolute Gasteiger partial charge is 0.208 e. The molecule has 0 spiro atoms. The molecule has 0 bridgehead atoms. The number of rotatable bonds is 4. The van der Waals surface area contributed by atoms with Crippen LogP contribution in [0, 0.1) is 0 Å². The van der Waals surface area contributed by atoms with Crippen LogP contribution in [0.4, 0.5) is 11.4 Å². The number of benzene rings is 2. The maximum Gasteiger partial charge on any atom is 0.208 e. The minimum Gasteiger partial charge on any atom is -0.378 e. The first-order valence-corrected chi connectivity index (χ1v) is 10.5. The van der Waals surface area contributed by atoms with E-state index in [-0.39, 0.29) is 10.2 Å². The minimum absolute atomic E-state index is 0.0838. The molecule has 2 rings (SSSR count). The Morgan fingerprint density at radius 2 is 0.920 bits per heavy atom. The van der Waals surface area contributed by atoms with Crippen LogP contribution in [0.3, 0.4) is 0 Å². The van der Waals surface area contributed by atoms with E-state index in [9.17, 15) is 9.59 Å². The second-order valence-electron chi connectivity index (χ2n) is 6.78. The fourth-order valence-electron chi connectivity index (χ4n) is 2.46. The van der Waals surface area contributed by atoms with Crippen LogP contribution in [0.15, 0.2) is 48.5 Å². The van der Waals surface area contributed by atoms with Crippen molar-refractivity contribution in [3.8, 4) is 0 Å². The van der Waals surface area contributed by atoms with E-state index in [2.05, 4.69) is 0 Å². The monoisotopic (exact) mass is 358 g/mol. The van der Waals surface area contributed by atoms with Gasteiger partial charge in [-0.25, -0.2) is 0 Å². The molecule has 0 aliphatic carbocycles. The highest BCUT2D eigenvalue weighted by Crippen LogP contribution is 2.46. The van der Waals surface area contributed by atoms with Crippen molar-refractivity contribution in [2.75, 3.05) is 50.5 Å². The molecule has 25 heavy (non-hydrogen) atoms. The number of anilines is 2. The molecule has 0 radical (unpaired) electrons. The molecular weight excluding hydrogens is 332 g/mol. The largest absolute Gasteiger partial charge is 0.378 e. The lowest BCUT2D eigenvalue weighted by Crippen LogP contribution is -2.20. The van der Waals surface area contributed by atoms with Crippen molar-refractivity contribution < 1.29 is 9.59 Å². The minimum atomic E-state index is -2.12. The third-order valence-electron chi connectivity index (χ3n) is 4.17. The van der Waals surface area contributed by atoms with Gasteiger partial charge in [0.15, 0.2) is 0 Å². The van der Waals surface area contributed by atoms with Crippen LogP contribution in [0.2, 0.25) is 0 Å². The van der Waals surface area contributed by atoms with E-state index in [0.29, 0.717) is 11.1 Å². The average molecular weight is 359 g/mol. The van der Waals surface area contributed by atoms with Gasteiger partial charge < -0.3 is 9.80 Å². The molecule has 0 atom stereocenters. The van der Waals surface area contributed by atoms with Crippen molar-refractivity contribution in [1.82, 2.24) is 0 Å². The van der Waals surface area contributed by atoms with Crippen LogP contribution in [0.5, 0.6) is 0 Å². The van der Waals surface area contributed by atoms with Crippen LogP contribution < -0.4 is 9.80 Å². The van der Waals surface area contributed by atoms with E-state index in [1.807, 2.05) is 62.3 Å². The van der Waals surface area contributed by atoms with Crippen molar-refractivity contribution in [2.45, 2.75) is 0 Å². The van der Waals surface area contributed by atoms with Gasteiger partial charge in [0, 0.05) is 50.7 Å². The zero-order chi connectivity index (χ0) is 18.8. The number of nitrogens with zero attached hydrogens (tertiary/aromatic N) is 2. The Kier molecular flexibility index (Phi) is 5.58. The SMILES string of the molecule is CN(C)c1ccc(C(=O)S(C)(C)C(=O)c2ccc(N(C)C)cc2)cc1. The van der Waals surface area contributed by atoms with Crippen molar-refractivity contribution in [2.24, 2.45) is 0 Å². The molecule has 0 aromatic heterocycles. The van der Waals surface area contributed by atoms with Crippen LogP contribution in [-0.2, 0) is 0 Å². The normalized spacial score (nSPS) is 11.8. The molecule has 2 aromatic carbocycles. The summed E-state index contributed by atoms with van der Waals surface area (Å²) in [5.41, 5.74) is 3.22. The highest BCUT2D eigenvalue weighted by Gasteiger charge is 2.32. The van der Waals surface area contributed by atoms with Crippen LogP contribution >= 0.6 is 10.0 Å². The van der Waals surface area contributed by atoms with Crippen molar-refractivity contribution in [3.05, 3.63) is 59.7 Å². The summed E-state index contributed by atoms with van der Waals surface area (Å²) in [6, 6.07) is 14.8. The van der Waals surface area contributed by atoms with Crippen molar-refractivity contribution >= 4 is 31.6 Å². The molecule has 134 valence electrons. The lowest BCUT2D eigenvalue weighted by molar-refractivity contribution is 0.105. The molecule has 0 N–H and O–H groups in total. The van der Waals surface area contributed by atoms with E-state index in [4.69, 9.17) is 0 Å². The summed E-state index contributed by atoms with van der Waals surface area (Å²) in [6.45, 7) is 0. The van der Waals surface area contributed by atoms with Gasteiger partial charge in [0.1, 0.15) is 0 Å². The maximum atomic E-state index is 12.9. The molecule has 0 saturated carbocycles. The molecule has 2 aromatic rings. The Bertz CT molecular complexity index is 698. The maximum absolute atomic E-state index is 12.9. The first-order valence-electron chi connectivity index (χ1n) is 8.01. The summed E-state index contributed by atoms with van der Waals surface area (Å²) in [5.74, 6) is 0. The Morgan fingerprint density at radius 3 is 1.16 bits per heavy atom. The van der Waals surface area contributed by atoms with E-state index < -0.39 is 10.0 Å². The van der Waals surface area contributed by atoms with E-state index in [1.54, 1.807) is 36.8 Å². The van der Waals surface area contributed by atoms with Gasteiger partial charge >= 0.3 is 0 Å².